The fourth-order valence-corrected chi connectivity index (χ4v) is 2.96. The number of halogens is 1. The summed E-state index contributed by atoms with van der Waals surface area (Å²) in [7, 11) is 4.02. The van der Waals surface area contributed by atoms with E-state index in [9.17, 15) is 9.90 Å². The standard InChI is InChI=1S/C20H25ClN2O2/c1-23(2)12-6-11-22-20(25)14-17(15-7-4-3-5-8-15)18-13-16(21)9-10-19(18)24/h3-5,7-10,13,17,24H,6,11-12,14H2,1-2H3,(H,22,25)/t17-/m1/s1. The Morgan fingerprint density at radius 1 is 1.20 bits per heavy atom. The number of benzene rings is 2. The first-order chi connectivity index (χ1) is 12.0. The van der Waals surface area contributed by atoms with Crippen molar-refractivity contribution in [3.05, 3.63) is 64.7 Å². The van der Waals surface area contributed by atoms with E-state index in [0.717, 1.165) is 18.5 Å². The van der Waals surface area contributed by atoms with Gasteiger partial charge < -0.3 is 15.3 Å². The molecule has 0 saturated heterocycles. The molecule has 0 aromatic heterocycles. The highest BCUT2D eigenvalue weighted by molar-refractivity contribution is 6.30. The topological polar surface area (TPSA) is 52.6 Å². The average molecular weight is 361 g/mol. The van der Waals surface area contributed by atoms with E-state index >= 15 is 0 Å². The first-order valence-corrected chi connectivity index (χ1v) is 8.80. The lowest BCUT2D eigenvalue weighted by Crippen LogP contribution is -2.28. The quantitative estimate of drug-likeness (QED) is 0.707. The Bertz CT molecular complexity index is 689. The summed E-state index contributed by atoms with van der Waals surface area (Å²) >= 11 is 6.10. The summed E-state index contributed by atoms with van der Waals surface area (Å²) in [4.78, 5) is 14.5. The van der Waals surface area contributed by atoms with Crippen molar-refractivity contribution in [1.82, 2.24) is 10.2 Å². The van der Waals surface area contributed by atoms with Gasteiger partial charge in [0.15, 0.2) is 0 Å². The van der Waals surface area contributed by atoms with Crippen LogP contribution in [-0.4, -0.2) is 43.1 Å². The van der Waals surface area contributed by atoms with Crippen molar-refractivity contribution in [2.45, 2.75) is 18.8 Å². The molecule has 0 aliphatic heterocycles. The number of amides is 1. The Labute approximate surface area is 154 Å². The molecule has 0 bridgehead atoms. The predicted molar refractivity (Wildman–Crippen MR) is 102 cm³/mol. The van der Waals surface area contributed by atoms with E-state index in [4.69, 9.17) is 11.6 Å². The second-order valence-electron chi connectivity index (χ2n) is 6.38. The highest BCUT2D eigenvalue weighted by Crippen LogP contribution is 2.35. The van der Waals surface area contributed by atoms with Crippen LogP contribution in [-0.2, 0) is 4.79 Å². The molecule has 5 heteroatoms. The maximum Gasteiger partial charge on any atom is 0.220 e. The van der Waals surface area contributed by atoms with Crippen molar-refractivity contribution in [3.8, 4) is 5.75 Å². The highest BCUT2D eigenvalue weighted by atomic mass is 35.5. The molecule has 2 aromatic carbocycles. The average Bonchev–Trinajstić information content (AvgIpc) is 2.59. The molecule has 0 unspecified atom stereocenters. The Kier molecular flexibility index (Phi) is 7.29. The fraction of sp³-hybridized carbons (Fsp3) is 0.350. The number of phenolic OH excluding ortho intramolecular Hbond substituents is 1. The highest BCUT2D eigenvalue weighted by Gasteiger charge is 2.21. The maximum atomic E-state index is 12.4. The van der Waals surface area contributed by atoms with Crippen LogP contribution >= 0.6 is 11.6 Å². The zero-order chi connectivity index (χ0) is 18.2. The molecule has 134 valence electrons. The summed E-state index contributed by atoms with van der Waals surface area (Å²) in [5.41, 5.74) is 1.64. The van der Waals surface area contributed by atoms with E-state index in [1.807, 2.05) is 44.4 Å². The number of hydrogen-bond donors (Lipinski definition) is 2. The third-order valence-electron chi connectivity index (χ3n) is 4.06. The number of nitrogens with zero attached hydrogens (tertiary/aromatic N) is 1. The molecule has 2 aromatic rings. The van der Waals surface area contributed by atoms with E-state index in [1.165, 1.54) is 0 Å². The van der Waals surface area contributed by atoms with Gasteiger partial charge in [-0.25, -0.2) is 0 Å². The van der Waals surface area contributed by atoms with E-state index < -0.39 is 0 Å². The van der Waals surface area contributed by atoms with E-state index in [-0.39, 0.29) is 24.0 Å². The summed E-state index contributed by atoms with van der Waals surface area (Å²) in [5, 5.41) is 13.8. The van der Waals surface area contributed by atoms with Crippen LogP contribution < -0.4 is 5.32 Å². The first-order valence-electron chi connectivity index (χ1n) is 8.42. The largest absolute Gasteiger partial charge is 0.508 e. The number of carbonyl (C=O) groups excluding carboxylic acids is 1. The van der Waals surface area contributed by atoms with Crippen LogP contribution in [0.3, 0.4) is 0 Å². The SMILES string of the molecule is CN(C)CCCNC(=O)C[C@H](c1ccccc1)c1cc(Cl)ccc1O. The predicted octanol–water partition coefficient (Wildman–Crippen LogP) is 3.64. The van der Waals surface area contributed by atoms with Gasteiger partial charge in [0.2, 0.25) is 5.91 Å². The molecule has 0 aliphatic rings. The van der Waals surface area contributed by atoms with Gasteiger partial charge in [-0.2, -0.15) is 0 Å². The number of carbonyl (C=O) groups is 1. The Morgan fingerprint density at radius 2 is 1.92 bits per heavy atom. The number of aromatic hydroxyl groups is 1. The van der Waals surface area contributed by atoms with Gasteiger partial charge >= 0.3 is 0 Å². The van der Waals surface area contributed by atoms with Crippen LogP contribution in [0.15, 0.2) is 48.5 Å². The Hall–Kier alpha value is -2.04. The van der Waals surface area contributed by atoms with Crippen LogP contribution in [0.4, 0.5) is 0 Å². The molecule has 25 heavy (non-hydrogen) atoms. The second-order valence-corrected chi connectivity index (χ2v) is 6.81. The molecular formula is C20H25ClN2O2. The monoisotopic (exact) mass is 360 g/mol. The molecule has 0 aliphatic carbocycles. The van der Waals surface area contributed by atoms with Crippen molar-refractivity contribution >= 4 is 17.5 Å². The van der Waals surface area contributed by atoms with Gasteiger partial charge in [-0.05, 0) is 50.8 Å². The van der Waals surface area contributed by atoms with Gasteiger partial charge in [0.25, 0.3) is 0 Å². The summed E-state index contributed by atoms with van der Waals surface area (Å²) in [6.45, 7) is 1.57. The lowest BCUT2D eigenvalue weighted by Gasteiger charge is -2.19. The zero-order valence-electron chi connectivity index (χ0n) is 14.7. The van der Waals surface area contributed by atoms with Gasteiger partial charge in [0.1, 0.15) is 5.75 Å². The third kappa shape index (κ3) is 6.07. The smallest absolute Gasteiger partial charge is 0.220 e. The molecule has 1 amide bonds. The van der Waals surface area contributed by atoms with Gasteiger partial charge in [0.05, 0.1) is 0 Å². The van der Waals surface area contributed by atoms with E-state index in [1.54, 1.807) is 18.2 Å². The number of hydrogen-bond acceptors (Lipinski definition) is 3. The molecule has 2 N–H and O–H groups in total. The minimum Gasteiger partial charge on any atom is -0.508 e. The van der Waals surface area contributed by atoms with Gasteiger partial charge in [0, 0.05) is 29.5 Å². The van der Waals surface area contributed by atoms with Gasteiger partial charge in [-0.15, -0.1) is 0 Å². The van der Waals surface area contributed by atoms with Crippen LogP contribution in [0.5, 0.6) is 5.75 Å². The van der Waals surface area contributed by atoms with Crippen molar-refractivity contribution in [2.75, 3.05) is 27.2 Å². The van der Waals surface area contributed by atoms with Gasteiger partial charge in [-0.3, -0.25) is 4.79 Å². The number of rotatable bonds is 8. The van der Waals surface area contributed by atoms with Crippen LogP contribution in [0.25, 0.3) is 0 Å². The molecule has 0 saturated carbocycles. The zero-order valence-corrected chi connectivity index (χ0v) is 15.5. The first kappa shape index (κ1) is 19.3. The van der Waals surface area contributed by atoms with Crippen LogP contribution in [0.2, 0.25) is 5.02 Å². The molecule has 0 spiro atoms. The molecule has 1 atom stereocenters. The fourth-order valence-electron chi connectivity index (χ4n) is 2.78. The maximum absolute atomic E-state index is 12.4. The summed E-state index contributed by atoms with van der Waals surface area (Å²) in [6, 6.07) is 14.7. The molecule has 0 radical (unpaired) electrons. The Balaban J connectivity index is 2.13. The van der Waals surface area contributed by atoms with Crippen molar-refractivity contribution in [2.24, 2.45) is 0 Å². The molecule has 4 nitrogen and oxygen atoms in total. The minimum absolute atomic E-state index is 0.0352. The van der Waals surface area contributed by atoms with Crippen LogP contribution in [0, 0.1) is 0 Å². The van der Waals surface area contributed by atoms with Crippen molar-refractivity contribution < 1.29 is 9.90 Å². The Morgan fingerprint density at radius 3 is 2.60 bits per heavy atom. The normalized spacial score (nSPS) is 12.2. The molecular weight excluding hydrogens is 336 g/mol. The van der Waals surface area contributed by atoms with Gasteiger partial charge in [-0.1, -0.05) is 41.9 Å². The van der Waals surface area contributed by atoms with E-state index in [2.05, 4.69) is 10.2 Å². The molecule has 0 fully saturated rings. The van der Waals surface area contributed by atoms with Crippen molar-refractivity contribution in [1.29, 1.82) is 0 Å². The lowest BCUT2D eigenvalue weighted by atomic mass is 9.87. The summed E-state index contributed by atoms with van der Waals surface area (Å²) in [6.07, 6.45) is 1.16. The molecule has 2 rings (SSSR count). The third-order valence-corrected chi connectivity index (χ3v) is 4.30. The number of nitrogens with one attached hydrogen (secondary N) is 1. The van der Waals surface area contributed by atoms with Crippen molar-refractivity contribution in [3.63, 3.8) is 0 Å². The second kappa shape index (κ2) is 9.44. The summed E-state index contributed by atoms with van der Waals surface area (Å²) in [5.74, 6) is -0.126. The number of phenols is 1. The van der Waals surface area contributed by atoms with E-state index in [0.29, 0.717) is 17.1 Å². The summed E-state index contributed by atoms with van der Waals surface area (Å²) < 4.78 is 0. The molecule has 0 heterocycles. The van der Waals surface area contributed by atoms with Crippen LogP contribution in [0.1, 0.15) is 29.9 Å². The lowest BCUT2D eigenvalue weighted by molar-refractivity contribution is -0.121. The minimum atomic E-state index is -0.242.